The molecule has 0 saturated carbocycles. The molecule has 0 aromatic heterocycles. The van der Waals surface area contributed by atoms with E-state index in [-0.39, 0.29) is 53.2 Å². The summed E-state index contributed by atoms with van der Waals surface area (Å²) in [5, 5.41) is 10.3. The second-order valence-electron chi connectivity index (χ2n) is 4.00. The van der Waals surface area contributed by atoms with Gasteiger partial charge < -0.3 is 6.16 Å². The van der Waals surface area contributed by atoms with Crippen molar-refractivity contribution in [1.82, 2.24) is 0 Å². The van der Waals surface area contributed by atoms with E-state index in [1.165, 1.54) is 24.3 Å². The Bertz CT molecular complexity index is 683. The van der Waals surface area contributed by atoms with Crippen LogP contribution >= 0.6 is 11.6 Å². The Balaban J connectivity index is 0.00000242. The molecule has 0 aliphatic rings. The van der Waals surface area contributed by atoms with Crippen molar-refractivity contribution in [1.29, 1.82) is 0 Å². The van der Waals surface area contributed by atoms with Crippen LogP contribution in [-0.4, -0.2) is 4.92 Å². The molecule has 0 saturated heterocycles. The first kappa shape index (κ1) is 18.8. The summed E-state index contributed by atoms with van der Waals surface area (Å²) in [5.41, 5.74) is -1.01. The zero-order valence-electron chi connectivity index (χ0n) is 12.2. The Hall–Kier alpha value is -1.28. The van der Waals surface area contributed by atoms with Gasteiger partial charge in [0.2, 0.25) is 0 Å². The number of hydrogen-bond acceptors (Lipinski definition) is 3. The molecule has 2 aromatic rings. The number of benzene rings is 2. The fourth-order valence-electron chi connectivity index (χ4n) is 1.52. The maximum absolute atomic E-state index is 12.5. The van der Waals surface area contributed by atoms with Crippen molar-refractivity contribution in [3.8, 4) is 11.5 Å². The third-order valence-electron chi connectivity index (χ3n) is 2.53. The van der Waals surface area contributed by atoms with Gasteiger partial charge in [-0.1, -0.05) is 11.6 Å². The van der Waals surface area contributed by atoms with Gasteiger partial charge >= 0.3 is 35.7 Å². The van der Waals surface area contributed by atoms with Crippen LogP contribution in [0.25, 0.3) is 0 Å². The Morgan fingerprint density at radius 3 is 2.18 bits per heavy atom. The average molecular weight is 342 g/mol. The van der Waals surface area contributed by atoms with Crippen molar-refractivity contribution in [2.75, 3.05) is 0 Å². The van der Waals surface area contributed by atoms with E-state index < -0.39 is 16.7 Å². The summed E-state index contributed by atoms with van der Waals surface area (Å²) >= 11 is 5.73. The summed E-state index contributed by atoms with van der Waals surface area (Å²) in [5.74, 6) is 0.251. The minimum Gasteiger partial charge on any atom is -1.00 e. The van der Waals surface area contributed by atoms with Crippen LogP contribution in [0.3, 0.4) is 0 Å². The van der Waals surface area contributed by atoms with Crippen LogP contribution in [0.4, 0.5) is 18.9 Å². The van der Waals surface area contributed by atoms with Gasteiger partial charge in [-0.2, -0.15) is 13.2 Å². The molecule has 0 unspecified atom stereocenters. The van der Waals surface area contributed by atoms with Gasteiger partial charge in [-0.3, -0.25) is 10.1 Å². The van der Waals surface area contributed by atoms with Crippen LogP contribution in [0.1, 0.15) is 6.99 Å². The van der Waals surface area contributed by atoms with Crippen molar-refractivity contribution in [3.05, 3.63) is 63.2 Å². The van der Waals surface area contributed by atoms with E-state index in [0.717, 1.165) is 18.2 Å². The van der Waals surface area contributed by atoms with Crippen LogP contribution in [0, 0.1) is 10.1 Å². The normalized spacial score (nSPS) is 10.7. The van der Waals surface area contributed by atoms with Gasteiger partial charge in [-0.05, 0) is 30.3 Å². The van der Waals surface area contributed by atoms with Crippen LogP contribution in [0.2, 0.25) is 5.02 Å². The molecule has 0 amide bonds. The summed E-state index contributed by atoms with van der Waals surface area (Å²) in [6, 6.07) is 7.76. The summed E-state index contributed by atoms with van der Waals surface area (Å²) in [7, 11) is 0. The number of halogens is 4. The van der Waals surface area contributed by atoms with Crippen molar-refractivity contribution in [2.24, 2.45) is 0 Å². The first-order valence-electron chi connectivity index (χ1n) is 5.56. The standard InChI is InChI=1S/C13H7ClF3NO3.Na.H/c14-11-7-8(13(15,16)17)1-6-12(11)21-10-4-2-9(3-5-10)18(19)20;;/h1-7H;;/q;+1;-1. The summed E-state index contributed by atoms with van der Waals surface area (Å²) in [6.45, 7) is 0. The molecule has 0 aliphatic heterocycles. The minimum absolute atomic E-state index is 0. The smallest absolute Gasteiger partial charge is 1.00 e. The molecule has 0 bridgehead atoms. The minimum atomic E-state index is -4.49. The van der Waals surface area contributed by atoms with Gasteiger partial charge in [0.1, 0.15) is 11.5 Å². The number of non-ortho nitro benzene ring substituents is 1. The first-order valence-corrected chi connectivity index (χ1v) is 5.94. The van der Waals surface area contributed by atoms with Crippen LogP contribution in [-0.2, 0) is 6.18 Å². The monoisotopic (exact) mass is 341 g/mol. The number of rotatable bonds is 3. The van der Waals surface area contributed by atoms with E-state index in [1.807, 2.05) is 0 Å². The van der Waals surface area contributed by atoms with Crippen LogP contribution < -0.4 is 34.3 Å². The van der Waals surface area contributed by atoms with E-state index in [9.17, 15) is 23.3 Å². The van der Waals surface area contributed by atoms with Crippen molar-refractivity contribution in [2.45, 2.75) is 6.18 Å². The van der Waals surface area contributed by atoms with Crippen molar-refractivity contribution in [3.63, 3.8) is 0 Å². The molecule has 4 nitrogen and oxygen atoms in total. The number of ether oxygens (including phenoxy) is 1. The average Bonchev–Trinajstić information content (AvgIpc) is 2.40. The number of alkyl halides is 3. The Kier molecular flexibility index (Phi) is 6.25. The van der Waals surface area contributed by atoms with Gasteiger partial charge in [-0.15, -0.1) is 0 Å². The Labute approximate surface area is 151 Å². The summed E-state index contributed by atoms with van der Waals surface area (Å²) in [4.78, 5) is 9.92. The molecule has 0 atom stereocenters. The SMILES string of the molecule is O=[N+]([O-])c1ccc(Oc2ccc(C(F)(F)F)cc2Cl)cc1.[H-].[Na+]. The van der Waals surface area contributed by atoms with Gasteiger partial charge in [0.05, 0.1) is 15.5 Å². The second-order valence-corrected chi connectivity index (χ2v) is 4.40. The van der Waals surface area contributed by atoms with Crippen LogP contribution in [0.15, 0.2) is 42.5 Å². The largest absolute Gasteiger partial charge is 1.00 e. The van der Waals surface area contributed by atoms with Gasteiger partial charge in [0, 0.05) is 12.1 Å². The molecule has 0 radical (unpaired) electrons. The van der Waals surface area contributed by atoms with E-state index in [4.69, 9.17) is 16.3 Å². The van der Waals surface area contributed by atoms with Gasteiger partial charge in [0.25, 0.3) is 5.69 Å². The number of nitrogens with zero attached hydrogens (tertiary/aromatic N) is 1. The molecule has 0 N–H and O–H groups in total. The predicted molar refractivity (Wildman–Crippen MR) is 70.7 cm³/mol. The van der Waals surface area contributed by atoms with Crippen molar-refractivity contribution < 1.29 is 53.8 Å². The molecule has 2 aromatic carbocycles. The summed E-state index contributed by atoms with van der Waals surface area (Å²) < 4.78 is 42.7. The van der Waals surface area contributed by atoms with Crippen LogP contribution in [0.5, 0.6) is 11.5 Å². The predicted octanol–water partition coefficient (Wildman–Crippen LogP) is 2.18. The quantitative estimate of drug-likeness (QED) is 0.488. The fraction of sp³-hybridized carbons (Fsp3) is 0.0769. The van der Waals surface area contributed by atoms with E-state index in [0.29, 0.717) is 0 Å². The molecule has 9 heteroatoms. The van der Waals surface area contributed by atoms with E-state index >= 15 is 0 Å². The Morgan fingerprint density at radius 1 is 1.14 bits per heavy atom. The molecule has 112 valence electrons. The number of nitro benzene ring substituents is 1. The molecular weight excluding hydrogens is 334 g/mol. The molecule has 0 heterocycles. The van der Waals surface area contributed by atoms with E-state index in [2.05, 4.69) is 0 Å². The zero-order chi connectivity index (χ0) is 15.6. The second kappa shape index (κ2) is 7.32. The topological polar surface area (TPSA) is 52.4 Å². The molecule has 0 aliphatic carbocycles. The summed E-state index contributed by atoms with van der Waals surface area (Å²) in [6.07, 6.45) is -4.49. The third-order valence-corrected chi connectivity index (χ3v) is 2.83. The van der Waals surface area contributed by atoms with Gasteiger partial charge in [0.15, 0.2) is 0 Å². The number of nitro groups is 1. The molecule has 2 rings (SSSR count). The molecule has 0 fully saturated rings. The molecule has 0 spiro atoms. The van der Waals surface area contributed by atoms with Gasteiger partial charge in [-0.25, -0.2) is 0 Å². The maximum Gasteiger partial charge on any atom is 1.00 e. The fourth-order valence-corrected chi connectivity index (χ4v) is 1.74. The number of hydrogen-bond donors (Lipinski definition) is 0. The maximum atomic E-state index is 12.5. The van der Waals surface area contributed by atoms with E-state index in [1.54, 1.807) is 0 Å². The zero-order valence-corrected chi connectivity index (χ0v) is 14.0. The Morgan fingerprint density at radius 2 is 1.73 bits per heavy atom. The van der Waals surface area contributed by atoms with Crippen molar-refractivity contribution >= 4 is 17.3 Å². The molecule has 22 heavy (non-hydrogen) atoms. The molecular formula is C13H8ClF3NNaO3. The third kappa shape index (κ3) is 4.61. The first-order chi connectivity index (χ1) is 9.77.